The highest BCUT2D eigenvalue weighted by molar-refractivity contribution is 5.90. The van der Waals surface area contributed by atoms with Crippen molar-refractivity contribution in [3.8, 4) is 11.4 Å². The Bertz CT molecular complexity index is 1070. The van der Waals surface area contributed by atoms with Crippen LogP contribution >= 0.6 is 0 Å². The number of halogens is 6. The highest BCUT2D eigenvalue weighted by atomic mass is 19.4. The fourth-order valence-corrected chi connectivity index (χ4v) is 2.77. The minimum atomic E-state index is -4.92. The number of para-hydroxylation sites is 1. The quantitative estimate of drug-likeness (QED) is 0.423. The molecule has 0 saturated heterocycles. The van der Waals surface area contributed by atoms with Gasteiger partial charge in [-0.1, -0.05) is 18.2 Å². The zero-order chi connectivity index (χ0) is 19.4. The van der Waals surface area contributed by atoms with Crippen molar-refractivity contribution in [3.05, 3.63) is 59.7 Å². The Kier molecular flexibility index (Phi) is 3.66. The van der Waals surface area contributed by atoms with Crippen LogP contribution in [0.1, 0.15) is 11.1 Å². The van der Waals surface area contributed by atoms with Crippen LogP contribution < -0.4 is 0 Å². The summed E-state index contributed by atoms with van der Waals surface area (Å²) in [5.41, 5.74) is -1.89. The first-order valence-electron chi connectivity index (χ1n) is 7.67. The topological polar surface area (TPSA) is 41.6 Å². The van der Waals surface area contributed by atoms with Crippen molar-refractivity contribution >= 4 is 22.1 Å². The van der Waals surface area contributed by atoms with Crippen LogP contribution in [0.4, 0.5) is 26.3 Å². The van der Waals surface area contributed by atoms with Gasteiger partial charge in [0.1, 0.15) is 5.82 Å². The zero-order valence-electron chi connectivity index (χ0n) is 13.3. The number of H-pyrrole nitrogens is 1. The summed E-state index contributed by atoms with van der Waals surface area (Å²) in [5.74, 6) is -0.121. The number of pyridine rings is 1. The second-order valence-corrected chi connectivity index (χ2v) is 5.93. The molecule has 0 unspecified atom stereocenters. The fourth-order valence-electron chi connectivity index (χ4n) is 2.77. The van der Waals surface area contributed by atoms with Gasteiger partial charge in [-0.2, -0.15) is 26.3 Å². The summed E-state index contributed by atoms with van der Waals surface area (Å²) >= 11 is 0. The molecule has 0 atom stereocenters. The van der Waals surface area contributed by atoms with E-state index in [4.69, 9.17) is 0 Å². The summed E-state index contributed by atoms with van der Waals surface area (Å²) in [4.78, 5) is 11.1. The maximum absolute atomic E-state index is 13.0. The van der Waals surface area contributed by atoms with Gasteiger partial charge in [0.2, 0.25) is 0 Å². The van der Waals surface area contributed by atoms with Gasteiger partial charge < -0.3 is 4.98 Å². The van der Waals surface area contributed by atoms with Gasteiger partial charge in [0, 0.05) is 10.9 Å². The van der Waals surface area contributed by atoms with Gasteiger partial charge in [0.15, 0.2) is 5.65 Å². The molecule has 0 saturated carbocycles. The molecule has 0 amide bonds. The molecule has 0 aliphatic heterocycles. The lowest BCUT2D eigenvalue weighted by Crippen LogP contribution is -2.11. The normalized spacial score (nSPS) is 12.8. The second kappa shape index (κ2) is 5.70. The maximum atomic E-state index is 13.0. The van der Waals surface area contributed by atoms with Crippen LogP contribution in [0.15, 0.2) is 48.5 Å². The summed E-state index contributed by atoms with van der Waals surface area (Å²) in [6.45, 7) is 0. The van der Waals surface area contributed by atoms with Crippen LogP contribution in [-0.4, -0.2) is 15.0 Å². The van der Waals surface area contributed by atoms with Gasteiger partial charge in [-0.15, -0.1) is 0 Å². The van der Waals surface area contributed by atoms with Gasteiger partial charge in [-0.05, 0) is 30.3 Å². The number of aromatic nitrogens is 3. The van der Waals surface area contributed by atoms with Crippen molar-refractivity contribution in [2.24, 2.45) is 0 Å². The third-order valence-electron chi connectivity index (χ3n) is 4.04. The van der Waals surface area contributed by atoms with Gasteiger partial charge in [0.25, 0.3) is 0 Å². The monoisotopic (exact) mass is 381 g/mol. The van der Waals surface area contributed by atoms with E-state index in [9.17, 15) is 26.3 Å². The largest absolute Gasteiger partial charge is 0.416 e. The minimum absolute atomic E-state index is 0.0820. The van der Waals surface area contributed by atoms with Crippen LogP contribution in [0, 0.1) is 0 Å². The molecule has 4 rings (SSSR count). The number of benzene rings is 2. The molecule has 2 aromatic heterocycles. The first-order valence-corrected chi connectivity index (χ1v) is 7.67. The van der Waals surface area contributed by atoms with Gasteiger partial charge >= 0.3 is 12.4 Å². The Morgan fingerprint density at radius 1 is 0.741 bits per heavy atom. The van der Waals surface area contributed by atoms with Gasteiger partial charge in [-0.25, -0.2) is 9.97 Å². The molecule has 0 aliphatic rings. The van der Waals surface area contributed by atoms with Crippen molar-refractivity contribution < 1.29 is 26.3 Å². The van der Waals surface area contributed by atoms with Gasteiger partial charge in [0.05, 0.1) is 22.2 Å². The highest BCUT2D eigenvalue weighted by Crippen LogP contribution is 2.38. The Labute approximate surface area is 147 Å². The van der Waals surface area contributed by atoms with E-state index in [1.807, 2.05) is 0 Å². The molecule has 0 radical (unpaired) electrons. The number of alkyl halides is 6. The maximum Gasteiger partial charge on any atom is 0.416 e. The number of rotatable bonds is 1. The molecular formula is C18H9F6N3. The van der Waals surface area contributed by atoms with E-state index >= 15 is 0 Å². The number of nitrogens with zero attached hydrogens (tertiary/aromatic N) is 2. The van der Waals surface area contributed by atoms with E-state index in [-0.39, 0.29) is 23.1 Å². The van der Waals surface area contributed by atoms with E-state index in [1.165, 1.54) is 0 Å². The van der Waals surface area contributed by atoms with Crippen LogP contribution in [0.25, 0.3) is 33.5 Å². The lowest BCUT2D eigenvalue weighted by molar-refractivity contribution is -0.143. The molecule has 2 heterocycles. The van der Waals surface area contributed by atoms with E-state index in [0.29, 0.717) is 23.2 Å². The molecule has 1 N–H and O–H groups in total. The average molecular weight is 381 g/mol. The number of fused-ring (bicyclic) bond motifs is 2. The molecule has 0 aliphatic carbocycles. The predicted octanol–water partition coefficient (Wildman–Crippen LogP) is 5.82. The van der Waals surface area contributed by atoms with E-state index < -0.39 is 23.5 Å². The van der Waals surface area contributed by atoms with Crippen LogP contribution in [-0.2, 0) is 12.4 Å². The Morgan fingerprint density at radius 3 is 2.00 bits per heavy atom. The Morgan fingerprint density at radius 2 is 1.37 bits per heavy atom. The van der Waals surface area contributed by atoms with Gasteiger partial charge in [-0.3, -0.25) is 0 Å². The molecule has 3 nitrogen and oxygen atoms in total. The predicted molar refractivity (Wildman–Crippen MR) is 86.8 cm³/mol. The first kappa shape index (κ1) is 17.3. The summed E-state index contributed by atoms with van der Waals surface area (Å²) in [6.07, 6.45) is -9.84. The van der Waals surface area contributed by atoms with Crippen molar-refractivity contribution in [2.45, 2.75) is 12.4 Å². The molecule has 4 aromatic rings. The standard InChI is InChI=1S/C18H9F6N3/c19-17(20,21)11-5-10(6-12(8-11)18(22,23)24)15-26-14-7-9-3-1-2-4-13(9)25-16(14)27-15/h1-8H,(H,25,26,27). The summed E-state index contributed by atoms with van der Waals surface area (Å²) in [6, 6.07) is 10.1. The molecule has 27 heavy (non-hydrogen) atoms. The number of hydrogen-bond acceptors (Lipinski definition) is 2. The molecular weight excluding hydrogens is 372 g/mol. The number of imidazole rings is 1. The molecule has 138 valence electrons. The molecule has 0 bridgehead atoms. The SMILES string of the molecule is FC(F)(F)c1cc(-c2nc3nc4ccccc4cc3[nH]2)cc(C(F)(F)F)c1. The fraction of sp³-hybridized carbons (Fsp3) is 0.111. The highest BCUT2D eigenvalue weighted by Gasteiger charge is 2.37. The lowest BCUT2D eigenvalue weighted by Gasteiger charge is -2.13. The number of nitrogens with one attached hydrogen (secondary N) is 1. The molecule has 0 fully saturated rings. The summed E-state index contributed by atoms with van der Waals surface area (Å²) in [5, 5.41) is 0.764. The number of hydrogen-bond donors (Lipinski definition) is 1. The van der Waals surface area contributed by atoms with E-state index in [2.05, 4.69) is 15.0 Å². The zero-order valence-corrected chi connectivity index (χ0v) is 13.3. The van der Waals surface area contributed by atoms with Crippen LogP contribution in [0.2, 0.25) is 0 Å². The number of aromatic amines is 1. The first-order chi connectivity index (χ1) is 12.6. The van der Waals surface area contributed by atoms with E-state index in [1.54, 1.807) is 30.3 Å². The van der Waals surface area contributed by atoms with Crippen molar-refractivity contribution in [3.63, 3.8) is 0 Å². The molecule has 2 aromatic carbocycles. The van der Waals surface area contributed by atoms with Crippen LogP contribution in [0.5, 0.6) is 0 Å². The summed E-state index contributed by atoms with van der Waals surface area (Å²) in [7, 11) is 0. The average Bonchev–Trinajstić information content (AvgIpc) is 3.00. The smallest absolute Gasteiger partial charge is 0.337 e. The third-order valence-corrected chi connectivity index (χ3v) is 4.04. The van der Waals surface area contributed by atoms with Crippen LogP contribution in [0.3, 0.4) is 0 Å². The Balaban J connectivity index is 1.92. The summed E-state index contributed by atoms with van der Waals surface area (Å²) < 4.78 is 78.2. The second-order valence-electron chi connectivity index (χ2n) is 5.93. The molecule has 0 spiro atoms. The van der Waals surface area contributed by atoms with Crippen molar-refractivity contribution in [1.82, 2.24) is 15.0 Å². The minimum Gasteiger partial charge on any atom is -0.337 e. The Hall–Kier alpha value is -3.10. The molecule has 9 heteroatoms. The third kappa shape index (κ3) is 3.20. The van der Waals surface area contributed by atoms with Crippen molar-refractivity contribution in [2.75, 3.05) is 0 Å². The lowest BCUT2D eigenvalue weighted by atomic mass is 10.0. The van der Waals surface area contributed by atoms with E-state index in [0.717, 1.165) is 5.39 Å². The van der Waals surface area contributed by atoms with Crippen molar-refractivity contribution in [1.29, 1.82) is 0 Å².